The molecular weight excluding hydrogens is 507 g/mol. The normalized spacial score (nSPS) is 12.7. The van der Waals surface area contributed by atoms with Crippen LogP contribution in [0.3, 0.4) is 0 Å². The Bertz CT molecular complexity index is 1490. The smallest absolute Gasteiger partial charge is 0.283 e. The van der Waals surface area contributed by atoms with Crippen LogP contribution in [0, 0.1) is 17.1 Å². The van der Waals surface area contributed by atoms with Crippen LogP contribution in [0.1, 0.15) is 75.1 Å². The minimum atomic E-state index is -4.28. The van der Waals surface area contributed by atoms with Crippen molar-refractivity contribution >= 4 is 15.9 Å². The van der Waals surface area contributed by atoms with Crippen LogP contribution in [0.15, 0.2) is 41.6 Å². The molecule has 0 spiro atoms. The van der Waals surface area contributed by atoms with Crippen molar-refractivity contribution in [2.45, 2.75) is 64.1 Å². The molecule has 2 aromatic heterocycles. The molecule has 3 aromatic rings. The van der Waals surface area contributed by atoms with Crippen molar-refractivity contribution in [3.05, 3.63) is 64.9 Å². The van der Waals surface area contributed by atoms with Crippen LogP contribution in [0.4, 0.5) is 4.39 Å². The number of sulfonamides is 1. The van der Waals surface area contributed by atoms with Crippen molar-refractivity contribution in [2.24, 2.45) is 0 Å². The fourth-order valence-corrected chi connectivity index (χ4v) is 5.14. The number of carbonyl (C=O) groups is 1. The molecule has 1 amide bonds. The lowest BCUT2D eigenvalue weighted by atomic mass is 9.88. The second-order valence-electron chi connectivity index (χ2n) is 10.0. The highest BCUT2D eigenvalue weighted by Crippen LogP contribution is 2.32. The van der Waals surface area contributed by atoms with Gasteiger partial charge in [-0.15, -0.1) is 0 Å². The molecule has 0 radical (unpaired) electrons. The first-order chi connectivity index (χ1) is 17.7. The average Bonchev–Trinajstić information content (AvgIpc) is 3.30. The van der Waals surface area contributed by atoms with Crippen LogP contribution < -0.4 is 4.72 Å². The molecule has 0 aliphatic heterocycles. The summed E-state index contributed by atoms with van der Waals surface area (Å²) in [5.41, 5.74) is 2.77. The lowest BCUT2D eigenvalue weighted by molar-refractivity contribution is -0.118. The van der Waals surface area contributed by atoms with Crippen LogP contribution in [-0.4, -0.2) is 48.1 Å². The molecular formula is C27H33FN6O3S. The predicted molar refractivity (Wildman–Crippen MR) is 142 cm³/mol. The van der Waals surface area contributed by atoms with E-state index in [0.717, 1.165) is 0 Å². The van der Waals surface area contributed by atoms with Gasteiger partial charge in [0.1, 0.15) is 17.6 Å². The number of nitriles is 1. The molecule has 0 aliphatic rings. The molecule has 0 saturated heterocycles. The van der Waals surface area contributed by atoms with E-state index in [0.29, 0.717) is 27.9 Å². The highest BCUT2D eigenvalue weighted by atomic mass is 32.2. The van der Waals surface area contributed by atoms with Gasteiger partial charge < -0.3 is 4.90 Å². The Morgan fingerprint density at radius 1 is 1.16 bits per heavy atom. The number of nitrogens with zero attached hydrogens (tertiary/aromatic N) is 5. The summed E-state index contributed by atoms with van der Waals surface area (Å²) in [5, 5.41) is 13.3. The number of aromatic nitrogens is 3. The van der Waals surface area contributed by atoms with E-state index in [1.165, 1.54) is 30.5 Å². The Morgan fingerprint density at radius 3 is 2.42 bits per heavy atom. The lowest BCUT2D eigenvalue weighted by Crippen LogP contribution is -2.32. The Labute approximate surface area is 223 Å². The highest BCUT2D eigenvalue weighted by Gasteiger charge is 2.27. The first-order valence-corrected chi connectivity index (χ1v) is 13.7. The molecule has 1 N–H and O–H groups in total. The van der Waals surface area contributed by atoms with Crippen LogP contribution in [0.5, 0.6) is 0 Å². The van der Waals surface area contributed by atoms with Gasteiger partial charge in [-0.2, -0.15) is 18.8 Å². The molecule has 0 aliphatic carbocycles. The van der Waals surface area contributed by atoms with Gasteiger partial charge in [0.15, 0.2) is 5.03 Å². The molecule has 38 heavy (non-hydrogen) atoms. The van der Waals surface area contributed by atoms with Gasteiger partial charge in [0.2, 0.25) is 5.91 Å². The summed E-state index contributed by atoms with van der Waals surface area (Å²) in [5.74, 6) is -1.44. The van der Waals surface area contributed by atoms with Gasteiger partial charge in [-0.1, -0.05) is 13.8 Å². The summed E-state index contributed by atoms with van der Waals surface area (Å²) in [6.07, 6.45) is 1.11. The number of pyridine rings is 1. The van der Waals surface area contributed by atoms with E-state index in [9.17, 15) is 22.9 Å². The van der Waals surface area contributed by atoms with Gasteiger partial charge in [-0.05, 0) is 87.3 Å². The third-order valence-corrected chi connectivity index (χ3v) is 7.60. The topological polar surface area (TPSA) is 121 Å². The number of rotatable bonds is 9. The van der Waals surface area contributed by atoms with Crippen molar-refractivity contribution in [2.75, 3.05) is 14.1 Å². The van der Waals surface area contributed by atoms with Crippen LogP contribution in [0.25, 0.3) is 11.1 Å². The van der Waals surface area contributed by atoms with Crippen molar-refractivity contribution in [1.82, 2.24) is 24.4 Å². The molecule has 9 nitrogen and oxygen atoms in total. The highest BCUT2D eigenvalue weighted by molar-refractivity contribution is 7.90. The number of benzene rings is 1. The summed E-state index contributed by atoms with van der Waals surface area (Å²) < 4.78 is 44.8. The minimum absolute atomic E-state index is 0.0962. The summed E-state index contributed by atoms with van der Waals surface area (Å²) in [4.78, 5) is 19.0. The van der Waals surface area contributed by atoms with Gasteiger partial charge in [-0.25, -0.2) is 14.1 Å². The molecule has 1 aromatic carbocycles. The summed E-state index contributed by atoms with van der Waals surface area (Å²) in [6.45, 7) is 9.44. The number of amides is 1. The molecule has 1 unspecified atom stereocenters. The monoisotopic (exact) mass is 540 g/mol. The quantitative estimate of drug-likeness (QED) is 0.429. The molecule has 11 heteroatoms. The molecule has 3 rings (SSSR count). The second kappa shape index (κ2) is 11.4. The zero-order valence-corrected chi connectivity index (χ0v) is 23.5. The van der Waals surface area contributed by atoms with E-state index in [2.05, 4.69) is 14.8 Å². The van der Waals surface area contributed by atoms with Gasteiger partial charge in [0.05, 0.1) is 12.1 Å². The summed E-state index contributed by atoms with van der Waals surface area (Å²) >= 11 is 0. The van der Waals surface area contributed by atoms with Crippen molar-refractivity contribution in [3.8, 4) is 17.2 Å². The van der Waals surface area contributed by atoms with E-state index >= 15 is 0 Å². The molecule has 0 saturated carbocycles. The third-order valence-electron chi connectivity index (χ3n) is 6.35. The fraction of sp³-hybridized carbons (Fsp3) is 0.407. The van der Waals surface area contributed by atoms with Gasteiger partial charge in [0.25, 0.3) is 10.0 Å². The Balaban J connectivity index is 2.01. The Morgan fingerprint density at radius 2 is 1.84 bits per heavy atom. The first kappa shape index (κ1) is 28.9. The van der Waals surface area contributed by atoms with E-state index in [1.54, 1.807) is 10.7 Å². The van der Waals surface area contributed by atoms with Gasteiger partial charge in [-0.3, -0.25) is 9.48 Å². The number of nitrogens with one attached hydrogen (secondary N) is 1. The number of carbonyl (C=O) groups excluding carboxylic acids is 1. The maximum atomic E-state index is 14.6. The maximum Gasteiger partial charge on any atom is 0.283 e. The standard InChI is InChI=1S/C27H33FN6O3S/c1-16(2)22-11-20(28)12-23(19-8-9-30-21(10-19)15-29)24(22)13-26(35)32-38(36,37)27-14-25(18(5)33(6)7)34(31-27)17(3)4/h8-12,14,16-18H,13H2,1-7H3,(H,32,35). The molecule has 0 fully saturated rings. The largest absolute Gasteiger partial charge is 0.301 e. The van der Waals surface area contributed by atoms with Gasteiger partial charge >= 0.3 is 0 Å². The van der Waals surface area contributed by atoms with E-state index in [-0.39, 0.29) is 35.1 Å². The lowest BCUT2D eigenvalue weighted by Gasteiger charge is -2.22. The molecule has 202 valence electrons. The number of hydrogen-bond acceptors (Lipinski definition) is 7. The number of halogens is 1. The van der Waals surface area contributed by atoms with Crippen molar-refractivity contribution in [1.29, 1.82) is 5.26 Å². The minimum Gasteiger partial charge on any atom is -0.301 e. The molecule has 1 atom stereocenters. The fourth-order valence-electron chi connectivity index (χ4n) is 4.19. The zero-order chi connectivity index (χ0) is 28.4. The zero-order valence-electron chi connectivity index (χ0n) is 22.7. The van der Waals surface area contributed by atoms with Crippen molar-refractivity contribution in [3.63, 3.8) is 0 Å². The summed E-state index contributed by atoms with van der Waals surface area (Å²) in [6, 6.07) is 8.96. The van der Waals surface area contributed by atoms with E-state index in [4.69, 9.17) is 0 Å². The van der Waals surface area contributed by atoms with Crippen LogP contribution in [-0.2, 0) is 21.2 Å². The van der Waals surface area contributed by atoms with Crippen molar-refractivity contribution < 1.29 is 17.6 Å². The number of hydrogen-bond donors (Lipinski definition) is 1. The Kier molecular flexibility index (Phi) is 8.69. The SMILES string of the molecule is CC(C)c1cc(F)cc(-c2ccnc(C#N)c2)c1CC(=O)NS(=O)(=O)c1cc(C(C)N(C)C)n(C(C)C)n1. The van der Waals surface area contributed by atoms with E-state index < -0.39 is 21.7 Å². The van der Waals surface area contributed by atoms with Gasteiger partial charge in [0, 0.05) is 24.3 Å². The van der Waals surface area contributed by atoms with Crippen LogP contribution in [0.2, 0.25) is 0 Å². The predicted octanol–water partition coefficient (Wildman–Crippen LogP) is 4.33. The third kappa shape index (κ3) is 6.26. The first-order valence-electron chi connectivity index (χ1n) is 12.3. The Hall–Kier alpha value is -3.62. The molecule has 2 heterocycles. The van der Waals surface area contributed by atoms with E-state index in [1.807, 2.05) is 59.7 Å². The maximum absolute atomic E-state index is 14.6. The summed E-state index contributed by atoms with van der Waals surface area (Å²) in [7, 11) is -0.516. The van der Waals surface area contributed by atoms with Crippen LogP contribution >= 0.6 is 0 Å². The average molecular weight is 541 g/mol. The second-order valence-corrected chi connectivity index (χ2v) is 11.6. The molecule has 0 bridgehead atoms.